The second kappa shape index (κ2) is 6.17. The lowest BCUT2D eigenvalue weighted by Crippen LogP contribution is -2.31. The summed E-state index contributed by atoms with van der Waals surface area (Å²) in [6.07, 6.45) is 3.09. The van der Waals surface area contributed by atoms with Gasteiger partial charge in [-0.15, -0.1) is 0 Å². The lowest BCUT2D eigenvalue weighted by atomic mass is 10.1. The van der Waals surface area contributed by atoms with Crippen LogP contribution >= 0.6 is 0 Å². The van der Waals surface area contributed by atoms with Gasteiger partial charge in [0.1, 0.15) is 6.07 Å². The van der Waals surface area contributed by atoms with Crippen LogP contribution in [0.15, 0.2) is 47.7 Å². The Balaban J connectivity index is 1.92. The van der Waals surface area contributed by atoms with Crippen molar-refractivity contribution in [1.29, 1.82) is 5.26 Å². The lowest BCUT2D eigenvalue weighted by molar-refractivity contribution is 0.826. The number of fused-ring (bicyclic) bond motifs is 1. The fraction of sp³-hybridized carbons (Fsp3) is 0.0625. The predicted molar refractivity (Wildman–Crippen MR) is 88.1 cm³/mol. The van der Waals surface area contributed by atoms with Gasteiger partial charge in [0, 0.05) is 11.6 Å². The van der Waals surface area contributed by atoms with Gasteiger partial charge in [0.15, 0.2) is 17.3 Å². The molecule has 0 bridgehead atoms. The molecule has 0 aliphatic heterocycles. The molecule has 0 radical (unpaired) electrons. The second-order valence-electron chi connectivity index (χ2n) is 4.83. The van der Waals surface area contributed by atoms with E-state index in [-0.39, 0.29) is 11.5 Å². The third-order valence-electron chi connectivity index (χ3n) is 3.29. The summed E-state index contributed by atoms with van der Waals surface area (Å²) in [5.41, 5.74) is 2.07. The van der Waals surface area contributed by atoms with E-state index in [0.29, 0.717) is 12.4 Å². The molecule has 7 nitrogen and oxygen atoms in total. The second-order valence-corrected chi connectivity index (χ2v) is 4.83. The number of benzene rings is 1. The third kappa shape index (κ3) is 2.97. The molecule has 0 spiro atoms. The van der Waals surface area contributed by atoms with Crippen LogP contribution in [0.3, 0.4) is 0 Å². The number of hydrogen-bond acceptors (Lipinski definition) is 7. The first-order valence-electron chi connectivity index (χ1n) is 6.81. The van der Waals surface area contributed by atoms with Gasteiger partial charge < -0.3 is 0 Å². The van der Waals surface area contributed by atoms with E-state index in [1.165, 1.54) is 11.2 Å². The molecule has 0 aliphatic carbocycles. The maximum absolute atomic E-state index is 8.95. The predicted octanol–water partition coefficient (Wildman–Crippen LogP) is 2.11. The Morgan fingerprint density at radius 3 is 2.96 bits per heavy atom. The Kier molecular flexibility index (Phi) is 3.91. The molecule has 3 rings (SSSR count). The standard InChI is InChI=1S/C16H13N7/c1-19-15-16(22-13(8-17)9-21-15)23(18)10-11-4-5-14-12(7-11)3-2-6-20-14/h2-7,9H,1,10,18H2. The number of hydrogen-bond donors (Lipinski definition) is 1. The first-order valence-corrected chi connectivity index (χ1v) is 6.81. The topological polar surface area (TPSA) is 104 Å². The van der Waals surface area contributed by atoms with Crippen molar-refractivity contribution >= 4 is 29.3 Å². The number of aliphatic imine (C=N–C) groups is 1. The number of hydrazine groups is 1. The Morgan fingerprint density at radius 2 is 2.17 bits per heavy atom. The highest BCUT2D eigenvalue weighted by molar-refractivity contribution is 5.79. The molecular weight excluding hydrogens is 290 g/mol. The van der Waals surface area contributed by atoms with Gasteiger partial charge >= 0.3 is 0 Å². The molecule has 2 N–H and O–H groups in total. The van der Waals surface area contributed by atoms with Gasteiger partial charge in [-0.05, 0) is 30.5 Å². The molecule has 23 heavy (non-hydrogen) atoms. The molecule has 2 heterocycles. The maximum Gasteiger partial charge on any atom is 0.196 e. The molecular formula is C16H13N7. The fourth-order valence-corrected chi connectivity index (χ4v) is 2.23. The van der Waals surface area contributed by atoms with Crippen LogP contribution < -0.4 is 10.9 Å². The van der Waals surface area contributed by atoms with Gasteiger partial charge in [-0.2, -0.15) is 5.26 Å². The highest BCUT2D eigenvalue weighted by atomic mass is 15.4. The Bertz CT molecular complexity index is 914. The van der Waals surface area contributed by atoms with Gasteiger partial charge in [-0.25, -0.2) is 20.8 Å². The van der Waals surface area contributed by atoms with E-state index in [1.54, 1.807) is 6.20 Å². The minimum absolute atomic E-state index is 0.172. The number of nitrogens with zero attached hydrogens (tertiary/aromatic N) is 6. The third-order valence-corrected chi connectivity index (χ3v) is 3.29. The fourth-order valence-electron chi connectivity index (χ4n) is 2.23. The van der Waals surface area contributed by atoms with Gasteiger partial charge in [0.05, 0.1) is 18.3 Å². The molecule has 1 aromatic carbocycles. The highest BCUT2D eigenvalue weighted by Gasteiger charge is 2.13. The van der Waals surface area contributed by atoms with E-state index in [9.17, 15) is 0 Å². The summed E-state index contributed by atoms with van der Waals surface area (Å²) in [6, 6.07) is 11.7. The van der Waals surface area contributed by atoms with Crippen LogP contribution in [0.5, 0.6) is 0 Å². The molecule has 0 unspecified atom stereocenters. The molecule has 7 heteroatoms. The van der Waals surface area contributed by atoms with Crippen LogP contribution in [-0.2, 0) is 6.54 Å². The smallest absolute Gasteiger partial charge is 0.196 e. The molecule has 0 atom stereocenters. The van der Waals surface area contributed by atoms with E-state index in [0.717, 1.165) is 16.5 Å². The molecule has 3 aromatic rings. The lowest BCUT2D eigenvalue weighted by Gasteiger charge is -2.18. The van der Waals surface area contributed by atoms with Crippen molar-refractivity contribution in [3.8, 4) is 6.07 Å². The molecule has 0 fully saturated rings. The molecule has 0 saturated carbocycles. The first-order chi connectivity index (χ1) is 11.2. The molecule has 0 amide bonds. The zero-order chi connectivity index (χ0) is 16.2. The summed E-state index contributed by atoms with van der Waals surface area (Å²) in [5.74, 6) is 6.69. The number of anilines is 1. The normalized spacial score (nSPS) is 10.3. The molecule has 0 saturated heterocycles. The minimum atomic E-state index is 0.172. The number of rotatable bonds is 4. The van der Waals surface area contributed by atoms with Crippen LogP contribution in [0.4, 0.5) is 11.6 Å². The monoisotopic (exact) mass is 303 g/mol. The average Bonchev–Trinajstić information content (AvgIpc) is 2.61. The molecule has 0 aliphatic rings. The quantitative estimate of drug-likeness (QED) is 0.449. The first kappa shape index (κ1) is 14.6. The summed E-state index contributed by atoms with van der Waals surface area (Å²) < 4.78 is 0. The van der Waals surface area contributed by atoms with E-state index < -0.39 is 0 Å². The van der Waals surface area contributed by atoms with Crippen LogP contribution in [0.1, 0.15) is 11.3 Å². The van der Waals surface area contributed by atoms with Crippen molar-refractivity contribution in [2.24, 2.45) is 10.8 Å². The molecule has 112 valence electrons. The van der Waals surface area contributed by atoms with Gasteiger partial charge in [-0.1, -0.05) is 12.1 Å². The van der Waals surface area contributed by atoms with E-state index in [1.807, 2.05) is 36.4 Å². The van der Waals surface area contributed by atoms with Crippen LogP contribution in [0.2, 0.25) is 0 Å². The van der Waals surface area contributed by atoms with Crippen molar-refractivity contribution in [3.05, 3.63) is 54.0 Å². The van der Waals surface area contributed by atoms with Crippen LogP contribution in [0.25, 0.3) is 10.9 Å². The Hall–Kier alpha value is -3.37. The zero-order valence-corrected chi connectivity index (χ0v) is 12.2. The van der Waals surface area contributed by atoms with E-state index in [2.05, 4.69) is 26.7 Å². The zero-order valence-electron chi connectivity index (χ0n) is 12.2. The van der Waals surface area contributed by atoms with Crippen LogP contribution in [-0.4, -0.2) is 21.7 Å². The number of pyridine rings is 1. The SMILES string of the molecule is C=Nc1ncc(C#N)nc1N(N)Cc1ccc2ncccc2c1. The van der Waals surface area contributed by atoms with Crippen molar-refractivity contribution in [3.63, 3.8) is 0 Å². The summed E-state index contributed by atoms with van der Waals surface area (Å²) >= 11 is 0. The average molecular weight is 303 g/mol. The summed E-state index contributed by atoms with van der Waals surface area (Å²) in [6.45, 7) is 3.84. The van der Waals surface area contributed by atoms with Crippen molar-refractivity contribution in [2.75, 3.05) is 5.01 Å². The number of nitrogens with two attached hydrogens (primary N) is 1. The van der Waals surface area contributed by atoms with Gasteiger partial charge in [0.2, 0.25) is 0 Å². The summed E-state index contributed by atoms with van der Waals surface area (Å²) in [4.78, 5) is 16.3. The van der Waals surface area contributed by atoms with Crippen molar-refractivity contribution < 1.29 is 0 Å². The summed E-state index contributed by atoms with van der Waals surface area (Å²) in [7, 11) is 0. The summed E-state index contributed by atoms with van der Waals surface area (Å²) in [5, 5.41) is 11.4. The number of aromatic nitrogens is 3. The van der Waals surface area contributed by atoms with E-state index >= 15 is 0 Å². The van der Waals surface area contributed by atoms with Gasteiger partial charge in [0.25, 0.3) is 0 Å². The van der Waals surface area contributed by atoms with Crippen molar-refractivity contribution in [2.45, 2.75) is 6.54 Å². The number of nitriles is 1. The Morgan fingerprint density at radius 1 is 1.30 bits per heavy atom. The van der Waals surface area contributed by atoms with Gasteiger partial charge in [-0.3, -0.25) is 9.99 Å². The van der Waals surface area contributed by atoms with Crippen LogP contribution in [0, 0.1) is 11.3 Å². The minimum Gasteiger partial charge on any atom is -0.287 e. The largest absolute Gasteiger partial charge is 0.287 e. The van der Waals surface area contributed by atoms with Crippen molar-refractivity contribution in [1.82, 2.24) is 15.0 Å². The highest BCUT2D eigenvalue weighted by Crippen LogP contribution is 2.23. The maximum atomic E-state index is 8.95. The molecule has 2 aromatic heterocycles. The van der Waals surface area contributed by atoms with E-state index in [4.69, 9.17) is 11.1 Å². The Labute approximate surface area is 132 Å².